The molecule has 2 amide bonds. The Morgan fingerprint density at radius 3 is 2.09 bits per heavy atom. The Balaban J connectivity index is 1.31. The standard InChI is InChI=1S/C27H30N2O5/c30-24(31)16-29(18-12-13-18)25(32)27(14-6-1-7-15-27)28-26(33)34-17-23-21-10-4-2-8-19(21)20-9-3-5-11-22(20)23/h2-5,8-11,18,23H,1,6-7,12-17H2,(H,28,33)(H,30,31). The Morgan fingerprint density at radius 2 is 1.53 bits per heavy atom. The molecule has 3 aliphatic rings. The molecule has 2 fully saturated rings. The number of nitrogens with zero attached hydrogens (tertiary/aromatic N) is 1. The van der Waals surface area contributed by atoms with Crippen LogP contribution in [-0.4, -0.2) is 52.7 Å². The summed E-state index contributed by atoms with van der Waals surface area (Å²) < 4.78 is 5.72. The van der Waals surface area contributed by atoms with Gasteiger partial charge in [-0.25, -0.2) is 4.79 Å². The Kier molecular flexibility index (Phi) is 6.02. The van der Waals surface area contributed by atoms with E-state index in [4.69, 9.17) is 4.74 Å². The van der Waals surface area contributed by atoms with E-state index in [2.05, 4.69) is 29.6 Å². The van der Waals surface area contributed by atoms with Gasteiger partial charge in [0.15, 0.2) is 0 Å². The SMILES string of the molecule is O=C(O)CN(C(=O)C1(NC(=O)OCC2c3ccccc3-c3ccccc32)CCCCC1)C1CC1. The minimum atomic E-state index is -1.10. The van der Waals surface area contributed by atoms with Gasteiger partial charge >= 0.3 is 12.1 Å². The number of aliphatic carboxylic acids is 1. The van der Waals surface area contributed by atoms with Crippen molar-refractivity contribution in [1.29, 1.82) is 0 Å². The van der Waals surface area contributed by atoms with E-state index in [0.29, 0.717) is 12.8 Å². The summed E-state index contributed by atoms with van der Waals surface area (Å²) in [6.45, 7) is -0.163. The highest BCUT2D eigenvalue weighted by molar-refractivity contribution is 5.92. The number of carboxylic acid groups (broad SMARTS) is 1. The van der Waals surface area contributed by atoms with E-state index in [1.807, 2.05) is 24.3 Å². The minimum Gasteiger partial charge on any atom is -0.480 e. The number of benzene rings is 2. The zero-order valence-corrected chi connectivity index (χ0v) is 19.2. The van der Waals surface area contributed by atoms with E-state index < -0.39 is 17.6 Å². The molecule has 2 aromatic carbocycles. The zero-order chi connectivity index (χ0) is 23.7. The summed E-state index contributed by atoms with van der Waals surface area (Å²) in [4.78, 5) is 39.4. The largest absolute Gasteiger partial charge is 0.480 e. The van der Waals surface area contributed by atoms with Gasteiger partial charge in [0.25, 0.3) is 0 Å². The summed E-state index contributed by atoms with van der Waals surface area (Å²) in [6.07, 6.45) is 4.59. The lowest BCUT2D eigenvalue weighted by Crippen LogP contribution is -2.61. The lowest BCUT2D eigenvalue weighted by Gasteiger charge is -2.39. The van der Waals surface area contributed by atoms with Gasteiger partial charge in [0.1, 0.15) is 18.7 Å². The highest BCUT2D eigenvalue weighted by Crippen LogP contribution is 2.44. The van der Waals surface area contributed by atoms with Crippen LogP contribution in [-0.2, 0) is 14.3 Å². The van der Waals surface area contributed by atoms with E-state index in [9.17, 15) is 19.5 Å². The molecule has 2 N–H and O–H groups in total. The summed E-state index contributed by atoms with van der Waals surface area (Å²) >= 11 is 0. The Bertz CT molecular complexity index is 1060. The fourth-order valence-electron chi connectivity index (χ4n) is 5.55. The van der Waals surface area contributed by atoms with E-state index in [-0.39, 0.29) is 31.0 Å². The third-order valence-corrected chi connectivity index (χ3v) is 7.36. The van der Waals surface area contributed by atoms with Crippen LogP contribution >= 0.6 is 0 Å². The van der Waals surface area contributed by atoms with Crippen LogP contribution in [0.3, 0.4) is 0 Å². The predicted molar refractivity (Wildman–Crippen MR) is 126 cm³/mol. The molecule has 0 radical (unpaired) electrons. The number of hydrogen-bond donors (Lipinski definition) is 2. The molecule has 0 unspecified atom stereocenters. The first kappa shape index (κ1) is 22.4. The van der Waals surface area contributed by atoms with Gasteiger partial charge < -0.3 is 20.1 Å². The molecule has 0 saturated heterocycles. The maximum Gasteiger partial charge on any atom is 0.408 e. The summed E-state index contributed by atoms with van der Waals surface area (Å²) in [5, 5.41) is 12.2. The molecule has 2 aromatic rings. The van der Waals surface area contributed by atoms with Gasteiger partial charge in [-0.1, -0.05) is 67.8 Å². The molecule has 7 nitrogen and oxygen atoms in total. The maximum atomic E-state index is 13.6. The number of alkyl carbamates (subject to hydrolysis) is 1. The molecular formula is C27H30N2O5. The van der Waals surface area contributed by atoms with Gasteiger partial charge in [-0.3, -0.25) is 9.59 Å². The number of amides is 2. The van der Waals surface area contributed by atoms with E-state index in [1.165, 1.54) is 4.90 Å². The second-order valence-corrected chi connectivity index (χ2v) is 9.65. The first-order chi connectivity index (χ1) is 16.5. The monoisotopic (exact) mass is 462 g/mol. The van der Waals surface area contributed by atoms with Crippen LogP contribution in [0.25, 0.3) is 11.1 Å². The van der Waals surface area contributed by atoms with E-state index >= 15 is 0 Å². The van der Waals surface area contributed by atoms with Crippen LogP contribution in [0.2, 0.25) is 0 Å². The maximum absolute atomic E-state index is 13.6. The fourth-order valence-corrected chi connectivity index (χ4v) is 5.55. The van der Waals surface area contributed by atoms with E-state index in [1.54, 1.807) is 0 Å². The Hall–Kier alpha value is -3.35. The summed E-state index contributed by atoms with van der Waals surface area (Å²) in [6, 6.07) is 16.2. The minimum absolute atomic E-state index is 0.0493. The lowest BCUT2D eigenvalue weighted by molar-refractivity contribution is -0.149. The average Bonchev–Trinajstić information content (AvgIpc) is 3.64. The number of ether oxygens (including phenoxy) is 1. The normalized spacial score (nSPS) is 18.5. The molecule has 0 aromatic heterocycles. The third kappa shape index (κ3) is 4.27. The van der Waals surface area contributed by atoms with Crippen LogP contribution < -0.4 is 5.32 Å². The number of carboxylic acids is 1. The van der Waals surface area contributed by atoms with Crippen molar-refractivity contribution in [2.24, 2.45) is 0 Å². The smallest absolute Gasteiger partial charge is 0.408 e. The molecule has 178 valence electrons. The summed E-state index contributed by atoms with van der Waals surface area (Å²) in [5.74, 6) is -1.39. The van der Waals surface area contributed by atoms with Crippen molar-refractivity contribution >= 4 is 18.0 Å². The molecule has 3 aliphatic carbocycles. The topological polar surface area (TPSA) is 95.9 Å². The van der Waals surface area contributed by atoms with E-state index in [0.717, 1.165) is 54.4 Å². The molecule has 5 rings (SSSR count). The van der Waals surface area contributed by atoms with Crippen molar-refractivity contribution in [2.75, 3.05) is 13.2 Å². The van der Waals surface area contributed by atoms with Crippen molar-refractivity contribution in [3.05, 3.63) is 59.7 Å². The third-order valence-electron chi connectivity index (χ3n) is 7.36. The van der Waals surface area contributed by atoms with Gasteiger partial charge in [-0.2, -0.15) is 0 Å². The Morgan fingerprint density at radius 1 is 0.941 bits per heavy atom. The Labute approximate surface area is 199 Å². The van der Waals surface area contributed by atoms with Crippen LogP contribution in [0.15, 0.2) is 48.5 Å². The van der Waals surface area contributed by atoms with Crippen LogP contribution in [0.4, 0.5) is 4.79 Å². The van der Waals surface area contributed by atoms with Crippen LogP contribution in [0.5, 0.6) is 0 Å². The highest BCUT2D eigenvalue weighted by atomic mass is 16.5. The first-order valence-corrected chi connectivity index (χ1v) is 12.1. The number of nitrogens with one attached hydrogen (secondary N) is 1. The molecule has 0 heterocycles. The average molecular weight is 463 g/mol. The number of carbonyl (C=O) groups excluding carboxylic acids is 2. The van der Waals surface area contributed by atoms with Gasteiger partial charge in [-0.05, 0) is 47.9 Å². The second kappa shape index (κ2) is 9.12. The van der Waals surface area contributed by atoms with Gasteiger partial charge in [0, 0.05) is 12.0 Å². The number of carbonyl (C=O) groups is 3. The van der Waals surface area contributed by atoms with Gasteiger partial charge in [-0.15, -0.1) is 0 Å². The van der Waals surface area contributed by atoms with Gasteiger partial charge in [0.05, 0.1) is 0 Å². The molecule has 2 saturated carbocycles. The number of fused-ring (bicyclic) bond motifs is 3. The van der Waals surface area contributed by atoms with Crippen molar-refractivity contribution in [1.82, 2.24) is 10.2 Å². The molecule has 34 heavy (non-hydrogen) atoms. The van der Waals surface area contributed by atoms with Crippen molar-refractivity contribution < 1.29 is 24.2 Å². The lowest BCUT2D eigenvalue weighted by atomic mass is 9.80. The molecule has 7 heteroatoms. The first-order valence-electron chi connectivity index (χ1n) is 12.1. The van der Waals surface area contributed by atoms with Crippen molar-refractivity contribution in [3.8, 4) is 11.1 Å². The van der Waals surface area contributed by atoms with Gasteiger partial charge in [0.2, 0.25) is 5.91 Å². The highest BCUT2D eigenvalue weighted by Gasteiger charge is 2.47. The number of hydrogen-bond acceptors (Lipinski definition) is 4. The van der Waals surface area contributed by atoms with Crippen LogP contribution in [0, 0.1) is 0 Å². The summed E-state index contributed by atoms with van der Waals surface area (Å²) in [5.41, 5.74) is 3.46. The zero-order valence-electron chi connectivity index (χ0n) is 19.2. The number of rotatable bonds is 7. The molecule has 0 spiro atoms. The fraction of sp³-hybridized carbons (Fsp3) is 0.444. The molecular weight excluding hydrogens is 432 g/mol. The van der Waals surface area contributed by atoms with Crippen molar-refractivity contribution in [3.63, 3.8) is 0 Å². The van der Waals surface area contributed by atoms with Crippen LogP contribution in [0.1, 0.15) is 62.0 Å². The molecule has 0 atom stereocenters. The predicted octanol–water partition coefficient (Wildman–Crippen LogP) is 4.30. The van der Waals surface area contributed by atoms with Crippen molar-refractivity contribution in [2.45, 2.75) is 62.4 Å². The molecule has 0 aliphatic heterocycles. The second-order valence-electron chi connectivity index (χ2n) is 9.65. The molecule has 0 bridgehead atoms. The quantitative estimate of drug-likeness (QED) is 0.640. The summed E-state index contributed by atoms with van der Waals surface area (Å²) in [7, 11) is 0.